The number of carbonyl (C=O) groups excluding carboxylic acids is 1. The van der Waals surface area contributed by atoms with Crippen LogP contribution in [0, 0.1) is 6.92 Å². The zero-order chi connectivity index (χ0) is 11.4. The molecule has 0 saturated heterocycles. The molecule has 0 aliphatic rings. The SMILES string of the molecule is Cc1cc(C(=O)NC(C)CN)ccc1O. The van der Waals surface area contributed by atoms with E-state index in [1.165, 1.54) is 6.07 Å². The largest absolute Gasteiger partial charge is 0.508 e. The average Bonchev–Trinajstić information content (AvgIpc) is 2.21. The molecule has 1 unspecified atom stereocenters. The Bertz CT molecular complexity index is 364. The van der Waals surface area contributed by atoms with Crippen LogP contribution in [0.3, 0.4) is 0 Å². The molecule has 0 heterocycles. The maximum absolute atomic E-state index is 11.6. The molecule has 1 rings (SSSR count). The van der Waals surface area contributed by atoms with E-state index in [0.29, 0.717) is 17.7 Å². The summed E-state index contributed by atoms with van der Waals surface area (Å²) in [7, 11) is 0. The highest BCUT2D eigenvalue weighted by molar-refractivity contribution is 5.94. The highest BCUT2D eigenvalue weighted by atomic mass is 16.3. The normalized spacial score (nSPS) is 12.2. The van der Waals surface area contributed by atoms with Crippen molar-refractivity contribution in [2.45, 2.75) is 19.9 Å². The van der Waals surface area contributed by atoms with E-state index in [1.807, 2.05) is 6.92 Å². The number of benzene rings is 1. The van der Waals surface area contributed by atoms with Gasteiger partial charge in [0, 0.05) is 18.2 Å². The number of phenolic OH excluding ortho intramolecular Hbond substituents is 1. The number of rotatable bonds is 3. The van der Waals surface area contributed by atoms with Gasteiger partial charge in [0.2, 0.25) is 0 Å². The Labute approximate surface area is 89.1 Å². The third kappa shape index (κ3) is 2.95. The minimum atomic E-state index is -0.170. The number of aromatic hydroxyl groups is 1. The Morgan fingerprint density at radius 1 is 1.60 bits per heavy atom. The van der Waals surface area contributed by atoms with Crippen molar-refractivity contribution >= 4 is 5.91 Å². The van der Waals surface area contributed by atoms with Crippen LogP contribution in [0.4, 0.5) is 0 Å². The molecule has 4 N–H and O–H groups in total. The number of aryl methyl sites for hydroxylation is 1. The Morgan fingerprint density at radius 3 is 2.80 bits per heavy atom. The van der Waals surface area contributed by atoms with E-state index in [4.69, 9.17) is 5.73 Å². The maximum Gasteiger partial charge on any atom is 0.251 e. The molecule has 0 saturated carbocycles. The van der Waals surface area contributed by atoms with Crippen LogP contribution in [-0.4, -0.2) is 23.6 Å². The fraction of sp³-hybridized carbons (Fsp3) is 0.364. The van der Waals surface area contributed by atoms with Crippen molar-refractivity contribution in [2.24, 2.45) is 5.73 Å². The number of hydrogen-bond acceptors (Lipinski definition) is 3. The molecule has 4 heteroatoms. The summed E-state index contributed by atoms with van der Waals surface area (Å²) in [6.07, 6.45) is 0. The predicted octanol–water partition coefficient (Wildman–Crippen LogP) is 0.778. The summed E-state index contributed by atoms with van der Waals surface area (Å²) in [5.74, 6) is 0.0227. The molecule has 1 atom stereocenters. The number of amides is 1. The van der Waals surface area contributed by atoms with E-state index in [1.54, 1.807) is 19.1 Å². The molecule has 15 heavy (non-hydrogen) atoms. The lowest BCUT2D eigenvalue weighted by molar-refractivity contribution is 0.0941. The van der Waals surface area contributed by atoms with Gasteiger partial charge in [0.1, 0.15) is 5.75 Å². The van der Waals surface area contributed by atoms with Crippen LogP contribution in [0.15, 0.2) is 18.2 Å². The Morgan fingerprint density at radius 2 is 2.27 bits per heavy atom. The van der Waals surface area contributed by atoms with Gasteiger partial charge in [-0.05, 0) is 37.6 Å². The van der Waals surface area contributed by atoms with Gasteiger partial charge in [0.15, 0.2) is 0 Å². The van der Waals surface area contributed by atoms with Crippen molar-refractivity contribution in [2.75, 3.05) is 6.54 Å². The van der Waals surface area contributed by atoms with E-state index in [9.17, 15) is 9.90 Å². The highest BCUT2D eigenvalue weighted by Crippen LogP contribution is 2.16. The van der Waals surface area contributed by atoms with Crippen molar-refractivity contribution in [1.29, 1.82) is 0 Å². The maximum atomic E-state index is 11.6. The van der Waals surface area contributed by atoms with Crippen molar-refractivity contribution in [3.8, 4) is 5.75 Å². The molecule has 4 nitrogen and oxygen atoms in total. The molecule has 1 amide bonds. The van der Waals surface area contributed by atoms with Crippen molar-refractivity contribution in [3.63, 3.8) is 0 Å². The average molecular weight is 208 g/mol. The van der Waals surface area contributed by atoms with Crippen LogP contribution in [0.2, 0.25) is 0 Å². The molecular formula is C11H16N2O2. The van der Waals surface area contributed by atoms with Gasteiger partial charge in [-0.25, -0.2) is 0 Å². The van der Waals surface area contributed by atoms with E-state index in [0.717, 1.165) is 0 Å². The van der Waals surface area contributed by atoms with Gasteiger partial charge in [0.05, 0.1) is 0 Å². The minimum Gasteiger partial charge on any atom is -0.508 e. The molecule has 0 bridgehead atoms. The van der Waals surface area contributed by atoms with Gasteiger partial charge in [-0.2, -0.15) is 0 Å². The van der Waals surface area contributed by atoms with E-state index in [-0.39, 0.29) is 17.7 Å². The summed E-state index contributed by atoms with van der Waals surface area (Å²) in [5, 5.41) is 12.0. The third-order valence-corrected chi connectivity index (χ3v) is 2.19. The number of phenols is 1. The molecule has 0 aliphatic carbocycles. The fourth-order valence-corrected chi connectivity index (χ4v) is 1.16. The van der Waals surface area contributed by atoms with Crippen LogP contribution in [0.25, 0.3) is 0 Å². The first-order valence-corrected chi connectivity index (χ1v) is 4.85. The van der Waals surface area contributed by atoms with Crippen LogP contribution >= 0.6 is 0 Å². The second-order valence-corrected chi connectivity index (χ2v) is 3.61. The quantitative estimate of drug-likeness (QED) is 0.687. The van der Waals surface area contributed by atoms with Crippen LogP contribution in [0.5, 0.6) is 5.75 Å². The van der Waals surface area contributed by atoms with E-state index >= 15 is 0 Å². The number of carbonyl (C=O) groups is 1. The molecule has 0 aliphatic heterocycles. The third-order valence-electron chi connectivity index (χ3n) is 2.19. The smallest absolute Gasteiger partial charge is 0.251 e. The predicted molar refractivity (Wildman–Crippen MR) is 58.8 cm³/mol. The second kappa shape index (κ2) is 4.79. The standard InChI is InChI=1S/C11H16N2O2/c1-7-5-9(3-4-10(7)14)11(15)13-8(2)6-12/h3-5,8,14H,6,12H2,1-2H3,(H,13,15). The molecule has 0 fully saturated rings. The van der Waals surface area contributed by atoms with Gasteiger partial charge in [-0.15, -0.1) is 0 Å². The first-order valence-electron chi connectivity index (χ1n) is 4.85. The van der Waals surface area contributed by atoms with Gasteiger partial charge >= 0.3 is 0 Å². The molecule has 82 valence electrons. The number of hydrogen-bond donors (Lipinski definition) is 3. The topological polar surface area (TPSA) is 75.4 Å². The lowest BCUT2D eigenvalue weighted by atomic mass is 10.1. The van der Waals surface area contributed by atoms with E-state index in [2.05, 4.69) is 5.32 Å². The summed E-state index contributed by atoms with van der Waals surface area (Å²) in [6.45, 7) is 3.99. The minimum absolute atomic E-state index is 0.0494. The molecular weight excluding hydrogens is 192 g/mol. The van der Waals surface area contributed by atoms with Crippen molar-refractivity contribution < 1.29 is 9.90 Å². The molecule has 0 aromatic heterocycles. The number of nitrogens with two attached hydrogens (primary N) is 1. The fourth-order valence-electron chi connectivity index (χ4n) is 1.16. The summed E-state index contributed by atoms with van der Waals surface area (Å²) in [4.78, 5) is 11.6. The summed E-state index contributed by atoms with van der Waals surface area (Å²) in [5.41, 5.74) is 6.61. The van der Waals surface area contributed by atoms with Gasteiger partial charge < -0.3 is 16.2 Å². The molecule has 0 spiro atoms. The monoisotopic (exact) mass is 208 g/mol. The first kappa shape index (κ1) is 11.5. The van der Waals surface area contributed by atoms with Crippen LogP contribution in [-0.2, 0) is 0 Å². The summed E-state index contributed by atoms with van der Waals surface area (Å²) in [6, 6.07) is 4.69. The van der Waals surface area contributed by atoms with Crippen molar-refractivity contribution in [3.05, 3.63) is 29.3 Å². The van der Waals surface area contributed by atoms with Crippen molar-refractivity contribution in [1.82, 2.24) is 5.32 Å². The van der Waals surface area contributed by atoms with Gasteiger partial charge in [-0.3, -0.25) is 4.79 Å². The Balaban J connectivity index is 2.78. The van der Waals surface area contributed by atoms with E-state index < -0.39 is 0 Å². The van der Waals surface area contributed by atoms with Crippen LogP contribution < -0.4 is 11.1 Å². The molecule has 1 aromatic rings. The molecule has 1 aromatic carbocycles. The Hall–Kier alpha value is -1.55. The second-order valence-electron chi connectivity index (χ2n) is 3.61. The summed E-state index contributed by atoms with van der Waals surface area (Å²) < 4.78 is 0. The zero-order valence-corrected chi connectivity index (χ0v) is 8.95. The number of nitrogens with one attached hydrogen (secondary N) is 1. The van der Waals surface area contributed by atoms with Gasteiger partial charge in [-0.1, -0.05) is 0 Å². The first-order chi connectivity index (χ1) is 7.04. The lowest BCUT2D eigenvalue weighted by Crippen LogP contribution is -2.37. The summed E-state index contributed by atoms with van der Waals surface area (Å²) >= 11 is 0. The van der Waals surface area contributed by atoms with Gasteiger partial charge in [0.25, 0.3) is 5.91 Å². The Kier molecular flexibility index (Phi) is 3.68. The lowest BCUT2D eigenvalue weighted by Gasteiger charge is -2.11. The highest BCUT2D eigenvalue weighted by Gasteiger charge is 2.09. The molecule has 0 radical (unpaired) electrons. The van der Waals surface area contributed by atoms with Crippen LogP contribution in [0.1, 0.15) is 22.8 Å². The zero-order valence-electron chi connectivity index (χ0n) is 8.95.